The van der Waals surface area contributed by atoms with Crippen molar-refractivity contribution in [3.8, 4) is 0 Å². The number of aliphatic hydroxyl groups excluding tert-OH is 2. The molecule has 0 amide bonds. The summed E-state index contributed by atoms with van der Waals surface area (Å²) in [5.41, 5.74) is 7.01. The van der Waals surface area contributed by atoms with Crippen molar-refractivity contribution in [3.05, 3.63) is 0 Å². The highest BCUT2D eigenvalue weighted by Crippen LogP contribution is 2.25. The highest BCUT2D eigenvalue weighted by atomic mass is 16.3. The van der Waals surface area contributed by atoms with E-state index in [4.69, 9.17) is 5.73 Å². The molecular weight excluding hydrogens is 576 g/mol. The Hall–Kier alpha value is -0.160. The van der Waals surface area contributed by atoms with Crippen molar-refractivity contribution in [1.29, 1.82) is 0 Å². The van der Waals surface area contributed by atoms with Gasteiger partial charge in [0.05, 0.1) is 13.2 Å². The zero-order valence-corrected chi connectivity index (χ0v) is 32.7. The standard InChI is InChI=1S/C43H90N2O2/c1-3-5-7-9-11-13-15-17-19-21-23-25-27-29-31-33-35-43(44,37-38-45(39-41-46)40-42-47)36-34-32-30-28-26-24-22-20-18-16-14-12-10-8-6-4-2/h46-47H,3-42,44H2,1-2H3. The molecule has 0 heterocycles. The van der Waals surface area contributed by atoms with Gasteiger partial charge in [0.1, 0.15) is 0 Å². The van der Waals surface area contributed by atoms with E-state index in [0.717, 1.165) is 25.8 Å². The molecule has 4 N–H and O–H groups in total. The summed E-state index contributed by atoms with van der Waals surface area (Å²) >= 11 is 0. The molecular formula is C43H90N2O2. The topological polar surface area (TPSA) is 69.7 Å². The Balaban J connectivity index is 4.02. The maximum atomic E-state index is 9.46. The number of hydrogen-bond acceptors (Lipinski definition) is 4. The molecule has 0 aromatic carbocycles. The number of aliphatic hydroxyl groups is 2. The monoisotopic (exact) mass is 667 g/mol. The second-order valence-electron chi connectivity index (χ2n) is 15.5. The van der Waals surface area contributed by atoms with E-state index in [-0.39, 0.29) is 18.8 Å². The van der Waals surface area contributed by atoms with Gasteiger partial charge in [-0.2, -0.15) is 0 Å². The Morgan fingerprint density at radius 3 is 0.809 bits per heavy atom. The number of nitrogens with zero attached hydrogens (tertiary/aromatic N) is 1. The first-order chi connectivity index (χ1) is 23.1. The van der Waals surface area contributed by atoms with Crippen molar-refractivity contribution < 1.29 is 10.2 Å². The average molecular weight is 667 g/mol. The summed E-state index contributed by atoms with van der Waals surface area (Å²) in [4.78, 5) is 2.18. The largest absolute Gasteiger partial charge is 0.395 e. The lowest BCUT2D eigenvalue weighted by Crippen LogP contribution is -2.44. The van der Waals surface area contributed by atoms with Crippen molar-refractivity contribution in [2.24, 2.45) is 5.73 Å². The molecule has 0 saturated heterocycles. The summed E-state index contributed by atoms with van der Waals surface area (Å²) in [6.45, 7) is 7.04. The normalized spacial score (nSPS) is 12.1. The van der Waals surface area contributed by atoms with Gasteiger partial charge in [0.25, 0.3) is 0 Å². The molecule has 47 heavy (non-hydrogen) atoms. The number of unbranched alkanes of at least 4 members (excludes halogenated alkanes) is 30. The number of nitrogens with two attached hydrogens (primary N) is 1. The Labute approximate surface area is 297 Å². The first-order valence-corrected chi connectivity index (χ1v) is 21.8. The van der Waals surface area contributed by atoms with Gasteiger partial charge < -0.3 is 15.9 Å². The Bertz CT molecular complexity index is 530. The van der Waals surface area contributed by atoms with Gasteiger partial charge in [-0.3, -0.25) is 4.90 Å². The minimum absolute atomic E-state index is 0.102. The number of rotatable bonds is 41. The molecule has 0 atom stereocenters. The van der Waals surface area contributed by atoms with Crippen LogP contribution in [0.15, 0.2) is 0 Å². The van der Waals surface area contributed by atoms with Gasteiger partial charge in [0, 0.05) is 25.2 Å². The zero-order chi connectivity index (χ0) is 34.4. The van der Waals surface area contributed by atoms with Crippen molar-refractivity contribution in [2.75, 3.05) is 32.8 Å². The first-order valence-electron chi connectivity index (χ1n) is 21.8. The smallest absolute Gasteiger partial charge is 0.0558 e. The summed E-state index contributed by atoms with van der Waals surface area (Å²) < 4.78 is 0. The van der Waals surface area contributed by atoms with Crippen LogP contribution in [0.3, 0.4) is 0 Å². The van der Waals surface area contributed by atoms with Gasteiger partial charge in [-0.15, -0.1) is 0 Å². The van der Waals surface area contributed by atoms with E-state index in [1.165, 1.54) is 205 Å². The highest BCUT2D eigenvalue weighted by Gasteiger charge is 2.24. The molecule has 0 spiro atoms. The summed E-state index contributed by atoms with van der Waals surface area (Å²) in [6.07, 6.45) is 48.1. The third-order valence-corrected chi connectivity index (χ3v) is 10.8. The third kappa shape index (κ3) is 35.5. The fourth-order valence-electron chi connectivity index (χ4n) is 7.42. The van der Waals surface area contributed by atoms with Crippen LogP contribution in [-0.2, 0) is 0 Å². The van der Waals surface area contributed by atoms with Crippen LogP contribution in [-0.4, -0.2) is 53.5 Å². The van der Waals surface area contributed by atoms with Gasteiger partial charge in [0.15, 0.2) is 0 Å². The molecule has 0 aliphatic carbocycles. The van der Waals surface area contributed by atoms with Crippen LogP contribution >= 0.6 is 0 Å². The van der Waals surface area contributed by atoms with Gasteiger partial charge in [-0.25, -0.2) is 0 Å². The summed E-state index contributed by atoms with van der Waals surface area (Å²) in [5, 5.41) is 18.9. The fraction of sp³-hybridized carbons (Fsp3) is 1.00. The third-order valence-electron chi connectivity index (χ3n) is 10.8. The zero-order valence-electron chi connectivity index (χ0n) is 32.7. The van der Waals surface area contributed by atoms with Crippen molar-refractivity contribution in [2.45, 2.75) is 244 Å². The minimum atomic E-state index is -0.102. The van der Waals surface area contributed by atoms with Crippen LogP contribution < -0.4 is 5.73 Å². The molecule has 0 rings (SSSR count). The molecule has 0 saturated carbocycles. The van der Waals surface area contributed by atoms with E-state index in [1.807, 2.05) is 0 Å². The van der Waals surface area contributed by atoms with E-state index in [9.17, 15) is 10.2 Å². The predicted molar refractivity (Wildman–Crippen MR) is 210 cm³/mol. The maximum absolute atomic E-state index is 9.46. The highest BCUT2D eigenvalue weighted by molar-refractivity contribution is 4.85. The Kier molecular flexibility index (Phi) is 38.5. The molecule has 0 aliphatic heterocycles. The molecule has 0 unspecified atom stereocenters. The molecule has 4 nitrogen and oxygen atoms in total. The average Bonchev–Trinajstić information content (AvgIpc) is 3.07. The second kappa shape index (κ2) is 38.6. The maximum Gasteiger partial charge on any atom is 0.0558 e. The van der Waals surface area contributed by atoms with E-state index >= 15 is 0 Å². The van der Waals surface area contributed by atoms with Crippen molar-refractivity contribution in [1.82, 2.24) is 4.90 Å². The molecule has 0 aliphatic rings. The van der Waals surface area contributed by atoms with Gasteiger partial charge in [0.2, 0.25) is 0 Å². The minimum Gasteiger partial charge on any atom is -0.395 e. The van der Waals surface area contributed by atoms with Gasteiger partial charge >= 0.3 is 0 Å². The van der Waals surface area contributed by atoms with E-state index in [0.29, 0.717) is 13.1 Å². The summed E-state index contributed by atoms with van der Waals surface area (Å²) in [6, 6.07) is 0. The molecule has 0 fully saturated rings. The molecule has 0 bridgehead atoms. The molecule has 284 valence electrons. The lowest BCUT2D eigenvalue weighted by atomic mass is 9.84. The van der Waals surface area contributed by atoms with E-state index < -0.39 is 0 Å². The Morgan fingerprint density at radius 2 is 0.574 bits per heavy atom. The molecule has 4 heteroatoms. The van der Waals surface area contributed by atoms with E-state index in [1.54, 1.807) is 0 Å². The number of hydrogen-bond donors (Lipinski definition) is 3. The Morgan fingerprint density at radius 1 is 0.340 bits per heavy atom. The second-order valence-corrected chi connectivity index (χ2v) is 15.5. The van der Waals surface area contributed by atoms with Crippen molar-refractivity contribution in [3.63, 3.8) is 0 Å². The summed E-state index contributed by atoms with van der Waals surface area (Å²) in [7, 11) is 0. The van der Waals surface area contributed by atoms with Crippen LogP contribution in [0.2, 0.25) is 0 Å². The first kappa shape index (κ1) is 46.8. The quantitative estimate of drug-likeness (QED) is 0.0568. The lowest BCUT2D eigenvalue weighted by molar-refractivity contribution is 0.146. The summed E-state index contributed by atoms with van der Waals surface area (Å²) in [5.74, 6) is 0. The molecule has 0 radical (unpaired) electrons. The van der Waals surface area contributed by atoms with Crippen LogP contribution in [0.4, 0.5) is 0 Å². The van der Waals surface area contributed by atoms with Crippen LogP contribution in [0.5, 0.6) is 0 Å². The van der Waals surface area contributed by atoms with Crippen LogP contribution in [0.1, 0.15) is 239 Å². The molecule has 0 aromatic rings. The predicted octanol–water partition coefficient (Wildman–Crippen LogP) is 12.7. The van der Waals surface area contributed by atoms with Crippen molar-refractivity contribution >= 4 is 0 Å². The SMILES string of the molecule is CCCCCCCCCCCCCCCCCCC(N)(CCCCCCCCCCCCCCCCCC)CCN(CCO)CCO. The fourth-order valence-corrected chi connectivity index (χ4v) is 7.42. The van der Waals surface area contributed by atoms with Crippen LogP contribution in [0, 0.1) is 0 Å². The van der Waals surface area contributed by atoms with E-state index in [2.05, 4.69) is 18.7 Å². The lowest BCUT2D eigenvalue weighted by Gasteiger charge is -2.33. The van der Waals surface area contributed by atoms with Gasteiger partial charge in [-0.1, -0.05) is 219 Å². The van der Waals surface area contributed by atoms with Gasteiger partial charge in [-0.05, 0) is 19.3 Å². The van der Waals surface area contributed by atoms with Crippen LogP contribution in [0.25, 0.3) is 0 Å². The molecule has 0 aromatic heterocycles.